The second-order valence-corrected chi connectivity index (χ2v) is 13.5. The fourth-order valence-electron chi connectivity index (χ4n) is 5.66. The van der Waals surface area contributed by atoms with E-state index in [2.05, 4.69) is 59.6 Å². The van der Waals surface area contributed by atoms with Gasteiger partial charge in [-0.15, -0.1) is 0 Å². The van der Waals surface area contributed by atoms with Gasteiger partial charge in [-0.25, -0.2) is 4.39 Å². The lowest BCUT2D eigenvalue weighted by molar-refractivity contribution is -0.120. The average molecular weight is 632 g/mol. The summed E-state index contributed by atoms with van der Waals surface area (Å²) in [6, 6.07) is 10.3. The monoisotopic (exact) mass is 630 g/mol. The Morgan fingerprint density at radius 1 is 0.892 bits per heavy atom. The molecule has 0 bridgehead atoms. The molecule has 5 rings (SSSR count). The van der Waals surface area contributed by atoms with Gasteiger partial charge in [-0.3, -0.25) is 9.59 Å². The fourth-order valence-corrected chi connectivity index (χ4v) is 7.11. The highest BCUT2D eigenvalue weighted by Gasteiger charge is 2.48. The molecule has 1 aliphatic heterocycles. The minimum atomic E-state index is -0.501. The van der Waals surface area contributed by atoms with E-state index in [1.54, 1.807) is 18.2 Å². The maximum Gasteiger partial charge on any atom is 0.163 e. The molecule has 0 saturated heterocycles. The van der Waals surface area contributed by atoms with E-state index in [9.17, 15) is 14.0 Å². The summed E-state index contributed by atoms with van der Waals surface area (Å²) in [6.07, 6.45) is 2.09. The summed E-state index contributed by atoms with van der Waals surface area (Å²) in [5, 5.41) is 0. The van der Waals surface area contributed by atoms with Gasteiger partial charge in [0.15, 0.2) is 11.6 Å². The van der Waals surface area contributed by atoms with E-state index in [1.807, 2.05) is 12.1 Å². The van der Waals surface area contributed by atoms with Crippen molar-refractivity contribution in [2.75, 3.05) is 0 Å². The van der Waals surface area contributed by atoms with Gasteiger partial charge in [0, 0.05) is 48.3 Å². The predicted molar refractivity (Wildman–Crippen MR) is 146 cm³/mol. The number of hydrogen-bond donors (Lipinski definition) is 0. The third-order valence-corrected chi connectivity index (χ3v) is 8.44. The summed E-state index contributed by atoms with van der Waals surface area (Å²) in [5.41, 5.74) is 2.01. The quantitative estimate of drug-likeness (QED) is 0.340. The van der Waals surface area contributed by atoms with Crippen molar-refractivity contribution >= 4 is 43.4 Å². The zero-order valence-electron chi connectivity index (χ0n) is 21.3. The molecule has 1 heterocycles. The van der Waals surface area contributed by atoms with E-state index in [-0.39, 0.29) is 34.8 Å². The molecule has 7 heteroatoms. The van der Waals surface area contributed by atoms with Gasteiger partial charge in [0.25, 0.3) is 0 Å². The molecule has 0 N–H and O–H groups in total. The van der Waals surface area contributed by atoms with Crippen molar-refractivity contribution in [3.05, 3.63) is 85.0 Å². The van der Waals surface area contributed by atoms with Crippen molar-refractivity contribution in [2.45, 2.75) is 65.9 Å². The number of halogens is 3. The third kappa shape index (κ3) is 5.09. The lowest BCUT2D eigenvalue weighted by Crippen LogP contribution is -2.37. The Labute approximate surface area is 233 Å². The zero-order valence-corrected chi connectivity index (χ0v) is 24.5. The molecule has 0 fully saturated rings. The molecule has 3 aliphatic rings. The highest BCUT2D eigenvalue weighted by Crippen LogP contribution is 2.54. The second-order valence-electron chi connectivity index (χ2n) is 11.8. The number of carbonyl (C=O) groups is 2. The molecule has 0 amide bonds. The molecule has 0 spiro atoms. The fraction of sp³-hybridized carbons (Fsp3) is 0.400. The van der Waals surface area contributed by atoms with Crippen LogP contribution in [-0.2, 0) is 20.9 Å². The predicted octanol–water partition coefficient (Wildman–Crippen LogP) is 8.33. The van der Waals surface area contributed by atoms with Gasteiger partial charge < -0.3 is 9.47 Å². The lowest BCUT2D eigenvalue weighted by Gasteiger charge is -2.42. The largest absolute Gasteiger partial charge is 0.486 e. The van der Waals surface area contributed by atoms with E-state index in [0.29, 0.717) is 68.6 Å². The number of ether oxygens (including phenoxy) is 2. The first-order valence-corrected chi connectivity index (χ1v) is 14.0. The molecular weight excluding hydrogens is 603 g/mol. The van der Waals surface area contributed by atoms with Crippen LogP contribution in [0.5, 0.6) is 5.75 Å². The standard InChI is InChI=1S/C30H29Br2FO4/c1-29(2)11-21(34)26-23(13-29)37-24-14-30(3,4)12-22(35)27(24)25(26)17-9-18(31)28(19(32)10-17)36-15-16-7-5-6-8-20(16)33/h5-10,25H,11-15H2,1-4H3. The minimum Gasteiger partial charge on any atom is -0.486 e. The normalized spacial score (nSPS) is 20.9. The van der Waals surface area contributed by atoms with Crippen LogP contribution in [0, 0.1) is 16.6 Å². The maximum atomic E-state index is 14.1. The Morgan fingerprint density at radius 2 is 1.41 bits per heavy atom. The number of ketones is 2. The Bertz CT molecular complexity index is 1310. The maximum absolute atomic E-state index is 14.1. The van der Waals surface area contributed by atoms with Crippen molar-refractivity contribution in [3.8, 4) is 5.75 Å². The van der Waals surface area contributed by atoms with Crippen LogP contribution in [0.15, 0.2) is 68.0 Å². The molecule has 2 aromatic carbocycles. The molecule has 2 aliphatic carbocycles. The molecule has 0 aromatic heterocycles. The zero-order chi connectivity index (χ0) is 26.7. The third-order valence-electron chi connectivity index (χ3n) is 7.27. The van der Waals surface area contributed by atoms with Gasteiger partial charge in [0.2, 0.25) is 0 Å². The highest BCUT2D eigenvalue weighted by molar-refractivity contribution is 9.11. The Hall–Kier alpha value is -2.25. The van der Waals surface area contributed by atoms with Gasteiger partial charge >= 0.3 is 0 Å². The molecule has 37 heavy (non-hydrogen) atoms. The van der Waals surface area contributed by atoms with Gasteiger partial charge in [0.05, 0.1) is 8.95 Å². The second kappa shape index (κ2) is 9.49. The Balaban J connectivity index is 1.58. The number of Topliss-reactive ketones (excluding diaryl/α,β-unsaturated/α-hetero) is 2. The number of hydrogen-bond acceptors (Lipinski definition) is 4. The van der Waals surface area contributed by atoms with Crippen LogP contribution in [0.3, 0.4) is 0 Å². The Kier molecular flexibility index (Phi) is 6.76. The molecule has 2 aromatic rings. The van der Waals surface area contributed by atoms with Gasteiger partial charge in [-0.05, 0) is 66.5 Å². The van der Waals surface area contributed by atoms with Crippen molar-refractivity contribution in [2.24, 2.45) is 10.8 Å². The van der Waals surface area contributed by atoms with Gasteiger partial charge in [0.1, 0.15) is 29.7 Å². The van der Waals surface area contributed by atoms with Gasteiger partial charge in [-0.1, -0.05) is 45.9 Å². The first-order valence-electron chi connectivity index (χ1n) is 12.4. The van der Waals surface area contributed by atoms with E-state index in [0.717, 1.165) is 5.56 Å². The summed E-state index contributed by atoms with van der Waals surface area (Å²) in [5.74, 6) is 1.10. The summed E-state index contributed by atoms with van der Waals surface area (Å²) in [6.45, 7) is 8.35. The lowest BCUT2D eigenvalue weighted by atomic mass is 9.65. The average Bonchev–Trinajstić information content (AvgIpc) is 2.76. The van der Waals surface area contributed by atoms with Crippen LogP contribution in [0.4, 0.5) is 4.39 Å². The first-order chi connectivity index (χ1) is 17.3. The van der Waals surface area contributed by atoms with E-state index in [1.165, 1.54) is 6.07 Å². The van der Waals surface area contributed by atoms with Crippen molar-refractivity contribution < 1.29 is 23.5 Å². The van der Waals surface area contributed by atoms with Crippen molar-refractivity contribution in [1.82, 2.24) is 0 Å². The minimum absolute atomic E-state index is 0.0209. The summed E-state index contributed by atoms with van der Waals surface area (Å²) in [7, 11) is 0. The van der Waals surface area contributed by atoms with E-state index >= 15 is 0 Å². The smallest absolute Gasteiger partial charge is 0.163 e. The molecule has 0 atom stereocenters. The summed E-state index contributed by atoms with van der Waals surface area (Å²) in [4.78, 5) is 27.0. The molecule has 0 radical (unpaired) electrons. The molecule has 0 unspecified atom stereocenters. The van der Waals surface area contributed by atoms with Crippen LogP contribution in [0.2, 0.25) is 0 Å². The van der Waals surface area contributed by atoms with Crippen LogP contribution in [-0.4, -0.2) is 11.6 Å². The molecule has 194 valence electrons. The first kappa shape index (κ1) is 26.4. The van der Waals surface area contributed by atoms with E-state index in [4.69, 9.17) is 9.47 Å². The van der Waals surface area contributed by atoms with Crippen LogP contribution >= 0.6 is 31.9 Å². The topological polar surface area (TPSA) is 52.6 Å². The van der Waals surface area contributed by atoms with Crippen LogP contribution in [0.25, 0.3) is 0 Å². The summed E-state index contributed by atoms with van der Waals surface area (Å²) < 4.78 is 27.8. The molecular formula is C30H29Br2FO4. The molecule has 0 saturated carbocycles. The van der Waals surface area contributed by atoms with Crippen LogP contribution in [0.1, 0.15) is 70.4 Å². The number of benzene rings is 2. The van der Waals surface area contributed by atoms with Crippen LogP contribution < -0.4 is 4.74 Å². The SMILES string of the molecule is CC1(C)CC(=O)C2=C(C1)OC1=C(C(=O)CC(C)(C)C1)C2c1cc(Br)c(OCc2ccccc2F)c(Br)c1. The molecule has 4 nitrogen and oxygen atoms in total. The summed E-state index contributed by atoms with van der Waals surface area (Å²) >= 11 is 7.23. The van der Waals surface area contributed by atoms with E-state index < -0.39 is 5.92 Å². The van der Waals surface area contributed by atoms with Gasteiger partial charge in [-0.2, -0.15) is 0 Å². The Morgan fingerprint density at radius 3 is 1.92 bits per heavy atom. The highest BCUT2D eigenvalue weighted by atomic mass is 79.9. The van der Waals surface area contributed by atoms with Crippen molar-refractivity contribution in [1.29, 1.82) is 0 Å². The number of allylic oxidation sites excluding steroid dienone is 4. The van der Waals surface area contributed by atoms with Crippen molar-refractivity contribution in [3.63, 3.8) is 0 Å². The number of rotatable bonds is 4. The number of carbonyl (C=O) groups excluding carboxylic acids is 2.